The van der Waals surface area contributed by atoms with Crippen molar-refractivity contribution in [1.82, 2.24) is 10.6 Å². The average molecular weight is 230 g/mol. The molecule has 16 heavy (non-hydrogen) atoms. The number of carboxylic acid groups (broad SMARTS) is 1. The maximum atomic E-state index is 11.6. The quantitative estimate of drug-likeness (QED) is 0.585. The largest absolute Gasteiger partial charge is 0.481 e. The molecule has 0 aliphatic carbocycles. The van der Waals surface area contributed by atoms with E-state index in [-0.39, 0.29) is 30.7 Å². The Bertz CT molecular complexity index is 276. The molecule has 0 radical (unpaired) electrons. The first-order valence-corrected chi connectivity index (χ1v) is 5.11. The Labute approximate surface area is 94.4 Å². The predicted molar refractivity (Wildman–Crippen MR) is 57.7 cm³/mol. The highest BCUT2D eigenvalue weighted by Crippen LogP contribution is 2.01. The van der Waals surface area contributed by atoms with E-state index in [1.54, 1.807) is 13.8 Å². The summed E-state index contributed by atoms with van der Waals surface area (Å²) in [6.07, 6.45) is -0.128. The zero-order chi connectivity index (χ0) is 12.7. The molecule has 2 amide bonds. The second-order valence-corrected chi connectivity index (χ2v) is 3.86. The molecular weight excluding hydrogens is 212 g/mol. The average Bonchev–Trinajstić information content (AvgIpc) is 2.12. The van der Waals surface area contributed by atoms with Gasteiger partial charge >= 0.3 is 5.97 Å². The standard InChI is InChI=1S/C10H18N2O4/c1-6(2)9(12-7(3)13)10(16)11-5-4-8(14)15/h6,9H,4-5H2,1-3H3,(H,11,16)(H,12,13)(H,14,15). The minimum absolute atomic E-state index is 0.0475. The summed E-state index contributed by atoms with van der Waals surface area (Å²) in [7, 11) is 0. The van der Waals surface area contributed by atoms with Gasteiger partial charge in [0.25, 0.3) is 0 Å². The molecule has 0 aromatic heterocycles. The van der Waals surface area contributed by atoms with Crippen LogP contribution >= 0.6 is 0 Å². The highest BCUT2D eigenvalue weighted by atomic mass is 16.4. The monoisotopic (exact) mass is 230 g/mol. The van der Waals surface area contributed by atoms with E-state index < -0.39 is 12.0 Å². The lowest BCUT2D eigenvalue weighted by atomic mass is 10.0. The molecule has 0 bridgehead atoms. The van der Waals surface area contributed by atoms with E-state index in [4.69, 9.17) is 5.11 Å². The topological polar surface area (TPSA) is 95.5 Å². The summed E-state index contributed by atoms with van der Waals surface area (Å²) in [5.74, 6) is -1.66. The second kappa shape index (κ2) is 6.81. The minimum Gasteiger partial charge on any atom is -0.481 e. The lowest BCUT2D eigenvalue weighted by Gasteiger charge is -2.20. The fourth-order valence-corrected chi connectivity index (χ4v) is 1.16. The third-order valence-electron chi connectivity index (χ3n) is 1.95. The lowest BCUT2D eigenvalue weighted by Crippen LogP contribution is -2.49. The molecule has 6 heteroatoms. The van der Waals surface area contributed by atoms with Gasteiger partial charge in [-0.1, -0.05) is 13.8 Å². The van der Waals surface area contributed by atoms with Crippen LogP contribution in [0.1, 0.15) is 27.2 Å². The maximum absolute atomic E-state index is 11.6. The molecule has 0 saturated heterocycles. The lowest BCUT2D eigenvalue weighted by molar-refractivity contribution is -0.137. The van der Waals surface area contributed by atoms with Crippen LogP contribution in [0.25, 0.3) is 0 Å². The van der Waals surface area contributed by atoms with E-state index in [0.717, 1.165) is 0 Å². The van der Waals surface area contributed by atoms with Crippen molar-refractivity contribution in [2.24, 2.45) is 5.92 Å². The van der Waals surface area contributed by atoms with Crippen LogP contribution < -0.4 is 10.6 Å². The first-order valence-electron chi connectivity index (χ1n) is 5.11. The van der Waals surface area contributed by atoms with Crippen molar-refractivity contribution >= 4 is 17.8 Å². The Morgan fingerprint density at radius 2 is 1.81 bits per heavy atom. The normalized spacial score (nSPS) is 12.0. The number of rotatable bonds is 6. The fraction of sp³-hybridized carbons (Fsp3) is 0.700. The van der Waals surface area contributed by atoms with E-state index in [9.17, 15) is 14.4 Å². The predicted octanol–water partition coefficient (Wildman–Crippen LogP) is -0.262. The maximum Gasteiger partial charge on any atom is 0.305 e. The molecule has 0 heterocycles. The van der Waals surface area contributed by atoms with Gasteiger partial charge in [0.05, 0.1) is 6.42 Å². The zero-order valence-electron chi connectivity index (χ0n) is 9.74. The number of carbonyl (C=O) groups excluding carboxylic acids is 2. The molecule has 0 fully saturated rings. The van der Waals surface area contributed by atoms with Crippen LogP contribution in [0.3, 0.4) is 0 Å². The molecule has 0 aliphatic heterocycles. The molecule has 0 aromatic carbocycles. The van der Waals surface area contributed by atoms with Gasteiger partial charge in [-0.05, 0) is 5.92 Å². The van der Waals surface area contributed by atoms with Gasteiger partial charge < -0.3 is 15.7 Å². The molecule has 92 valence electrons. The van der Waals surface area contributed by atoms with Gasteiger partial charge in [-0.25, -0.2) is 0 Å². The summed E-state index contributed by atoms with van der Waals surface area (Å²) >= 11 is 0. The van der Waals surface area contributed by atoms with Gasteiger partial charge in [-0.3, -0.25) is 14.4 Å². The SMILES string of the molecule is CC(=O)NC(C(=O)NCCC(=O)O)C(C)C. The second-order valence-electron chi connectivity index (χ2n) is 3.86. The van der Waals surface area contributed by atoms with E-state index in [1.807, 2.05) is 0 Å². The smallest absolute Gasteiger partial charge is 0.305 e. The Balaban J connectivity index is 4.17. The first kappa shape index (κ1) is 14.4. The molecule has 3 N–H and O–H groups in total. The van der Waals surface area contributed by atoms with Crippen molar-refractivity contribution in [3.05, 3.63) is 0 Å². The molecule has 1 atom stereocenters. The van der Waals surface area contributed by atoms with E-state index >= 15 is 0 Å². The summed E-state index contributed by atoms with van der Waals surface area (Å²) in [5.41, 5.74) is 0. The number of amides is 2. The number of nitrogens with one attached hydrogen (secondary N) is 2. The van der Waals surface area contributed by atoms with Crippen molar-refractivity contribution < 1.29 is 19.5 Å². The molecule has 0 spiro atoms. The van der Waals surface area contributed by atoms with Crippen LogP contribution in [0.5, 0.6) is 0 Å². The Morgan fingerprint density at radius 3 is 2.19 bits per heavy atom. The van der Waals surface area contributed by atoms with Crippen molar-refractivity contribution in [3.63, 3.8) is 0 Å². The third-order valence-corrected chi connectivity index (χ3v) is 1.95. The number of carbonyl (C=O) groups is 3. The fourth-order valence-electron chi connectivity index (χ4n) is 1.16. The summed E-state index contributed by atoms with van der Waals surface area (Å²) < 4.78 is 0. The number of aliphatic carboxylic acids is 1. The van der Waals surface area contributed by atoms with Crippen LogP contribution in [0.2, 0.25) is 0 Å². The van der Waals surface area contributed by atoms with Crippen LogP contribution in [-0.2, 0) is 14.4 Å². The minimum atomic E-state index is -0.971. The molecule has 0 aliphatic rings. The number of hydrogen-bond acceptors (Lipinski definition) is 3. The highest BCUT2D eigenvalue weighted by molar-refractivity contribution is 5.87. The molecular formula is C10H18N2O4. The molecule has 0 saturated carbocycles. The Kier molecular flexibility index (Phi) is 6.14. The van der Waals surface area contributed by atoms with Gasteiger partial charge in [0, 0.05) is 13.5 Å². The summed E-state index contributed by atoms with van der Waals surface area (Å²) in [6.45, 7) is 5.01. The molecule has 0 aromatic rings. The van der Waals surface area contributed by atoms with Gasteiger partial charge in [0.1, 0.15) is 6.04 Å². The van der Waals surface area contributed by atoms with Crippen LogP contribution in [-0.4, -0.2) is 35.5 Å². The van der Waals surface area contributed by atoms with E-state index in [1.165, 1.54) is 6.92 Å². The summed E-state index contributed by atoms with van der Waals surface area (Å²) in [5, 5.41) is 13.4. The van der Waals surface area contributed by atoms with Gasteiger partial charge in [0.15, 0.2) is 0 Å². The van der Waals surface area contributed by atoms with E-state index in [2.05, 4.69) is 10.6 Å². The van der Waals surface area contributed by atoms with Gasteiger partial charge in [-0.15, -0.1) is 0 Å². The Hall–Kier alpha value is -1.59. The van der Waals surface area contributed by atoms with Crippen LogP contribution in [0.4, 0.5) is 0 Å². The molecule has 1 unspecified atom stereocenters. The van der Waals surface area contributed by atoms with Crippen LogP contribution in [0, 0.1) is 5.92 Å². The molecule has 0 rings (SSSR count). The van der Waals surface area contributed by atoms with Gasteiger partial charge in [-0.2, -0.15) is 0 Å². The van der Waals surface area contributed by atoms with Crippen molar-refractivity contribution in [2.45, 2.75) is 33.2 Å². The zero-order valence-corrected chi connectivity index (χ0v) is 9.74. The molecule has 6 nitrogen and oxygen atoms in total. The number of hydrogen-bond donors (Lipinski definition) is 3. The number of carboxylic acids is 1. The van der Waals surface area contributed by atoms with E-state index in [0.29, 0.717) is 0 Å². The third kappa shape index (κ3) is 6.00. The van der Waals surface area contributed by atoms with Crippen molar-refractivity contribution in [2.75, 3.05) is 6.54 Å². The first-order chi connectivity index (χ1) is 7.34. The highest BCUT2D eigenvalue weighted by Gasteiger charge is 2.22. The summed E-state index contributed by atoms with van der Waals surface area (Å²) in [4.78, 5) is 32.7. The Morgan fingerprint density at radius 1 is 1.25 bits per heavy atom. The van der Waals surface area contributed by atoms with Crippen molar-refractivity contribution in [3.8, 4) is 0 Å². The van der Waals surface area contributed by atoms with Crippen LogP contribution in [0.15, 0.2) is 0 Å². The van der Waals surface area contributed by atoms with Gasteiger partial charge in [0.2, 0.25) is 11.8 Å². The summed E-state index contributed by atoms with van der Waals surface area (Å²) in [6, 6.07) is -0.619. The van der Waals surface area contributed by atoms with Crippen molar-refractivity contribution in [1.29, 1.82) is 0 Å².